The van der Waals surface area contributed by atoms with Crippen molar-refractivity contribution in [3.05, 3.63) is 82.0 Å². The molecule has 1 aliphatic heterocycles. The molecule has 0 atom stereocenters. The highest BCUT2D eigenvalue weighted by molar-refractivity contribution is 9.10. The van der Waals surface area contributed by atoms with Crippen LogP contribution in [0.4, 0.5) is 5.69 Å². The van der Waals surface area contributed by atoms with Crippen LogP contribution < -0.4 is 15.5 Å². The fraction of sp³-hybridized carbons (Fsp3) is 0. The molecule has 0 spiro atoms. The highest BCUT2D eigenvalue weighted by atomic mass is 79.9. The predicted molar refractivity (Wildman–Crippen MR) is 106 cm³/mol. The number of carbonyl (C=O) groups excluding carboxylic acids is 3. The van der Waals surface area contributed by atoms with Crippen LogP contribution in [0.1, 0.15) is 16.1 Å². The number of carbonyl (C=O) groups is 3. The van der Waals surface area contributed by atoms with Crippen molar-refractivity contribution >= 4 is 45.5 Å². The molecule has 8 heteroatoms. The van der Waals surface area contributed by atoms with Gasteiger partial charge in [0.25, 0.3) is 11.8 Å². The summed E-state index contributed by atoms with van der Waals surface area (Å²) in [5, 5.41) is 12.2. The Morgan fingerprint density at radius 2 is 1.83 bits per heavy atom. The predicted octanol–water partition coefficient (Wildman–Crippen LogP) is 2.53. The van der Waals surface area contributed by atoms with Crippen LogP contribution in [0.5, 0.6) is 0 Å². The van der Waals surface area contributed by atoms with Gasteiger partial charge in [0.05, 0.1) is 11.7 Å². The molecular weight excluding hydrogens is 440 g/mol. The largest absolute Gasteiger partial charge is 0.545 e. The van der Waals surface area contributed by atoms with Crippen LogP contribution in [0.15, 0.2) is 75.1 Å². The van der Waals surface area contributed by atoms with E-state index < -0.39 is 17.8 Å². The number of benzene rings is 2. The van der Waals surface area contributed by atoms with E-state index in [-0.39, 0.29) is 16.9 Å². The molecule has 3 aromatic rings. The fourth-order valence-electron chi connectivity index (χ4n) is 2.86. The van der Waals surface area contributed by atoms with E-state index in [0.29, 0.717) is 17.0 Å². The second kappa shape index (κ2) is 7.40. The zero-order valence-electron chi connectivity index (χ0n) is 14.7. The van der Waals surface area contributed by atoms with E-state index in [1.807, 2.05) is 0 Å². The van der Waals surface area contributed by atoms with Gasteiger partial charge in [0.15, 0.2) is 0 Å². The average Bonchev–Trinajstić information content (AvgIpc) is 3.29. The van der Waals surface area contributed by atoms with Crippen molar-refractivity contribution in [1.29, 1.82) is 0 Å². The molecule has 2 amide bonds. The average molecular weight is 452 g/mol. The van der Waals surface area contributed by atoms with Crippen LogP contribution >= 0.6 is 15.9 Å². The number of furan rings is 1. The van der Waals surface area contributed by atoms with Crippen molar-refractivity contribution < 1.29 is 23.9 Å². The molecule has 1 fully saturated rings. The van der Waals surface area contributed by atoms with Crippen molar-refractivity contribution in [2.24, 2.45) is 0 Å². The van der Waals surface area contributed by atoms with Crippen LogP contribution in [0, 0.1) is 0 Å². The van der Waals surface area contributed by atoms with Gasteiger partial charge in [-0.2, -0.15) is 0 Å². The van der Waals surface area contributed by atoms with E-state index in [0.717, 1.165) is 9.48 Å². The summed E-state index contributed by atoms with van der Waals surface area (Å²) in [6.45, 7) is 0. The number of hydrogen-bond acceptors (Lipinski definition) is 5. The summed E-state index contributed by atoms with van der Waals surface area (Å²) >= 11 is 3.32. The van der Waals surface area contributed by atoms with Gasteiger partial charge in [0.2, 0.25) is 0 Å². The normalized spacial score (nSPS) is 15.1. The first kappa shape index (κ1) is 18.7. The summed E-state index contributed by atoms with van der Waals surface area (Å²) in [7, 11) is 0. The number of carboxylic acid groups (broad SMARTS) is 1. The van der Waals surface area contributed by atoms with Gasteiger partial charge in [-0.25, -0.2) is 5.01 Å². The maximum Gasteiger partial charge on any atom is 0.282 e. The lowest BCUT2D eigenvalue weighted by Crippen LogP contribution is -2.35. The standard InChI is InChI=1S/C21H13BrN2O5/c22-14-4-6-15(7-5-14)24-20(26)17(19(25)23-24)11-16-8-9-18(29-16)12-2-1-3-13(10-12)21(27)28/h1-11H,(H,23,25)(H,27,28)/p-1/b17-11+. The van der Waals surface area contributed by atoms with Crippen LogP contribution in [-0.2, 0) is 9.59 Å². The topological polar surface area (TPSA) is 103 Å². The number of rotatable bonds is 4. The van der Waals surface area contributed by atoms with Gasteiger partial charge in [-0.15, -0.1) is 0 Å². The van der Waals surface area contributed by atoms with E-state index in [9.17, 15) is 19.5 Å². The van der Waals surface area contributed by atoms with E-state index in [4.69, 9.17) is 4.42 Å². The van der Waals surface area contributed by atoms with Crippen molar-refractivity contribution in [1.82, 2.24) is 5.43 Å². The summed E-state index contributed by atoms with van der Waals surface area (Å²) < 4.78 is 6.52. The number of carboxylic acids is 1. The number of amides is 2. The van der Waals surface area contributed by atoms with Crippen LogP contribution in [0.3, 0.4) is 0 Å². The first-order valence-electron chi connectivity index (χ1n) is 8.47. The Hall–Kier alpha value is -3.65. The molecule has 1 N–H and O–H groups in total. The minimum Gasteiger partial charge on any atom is -0.545 e. The Kier molecular flexibility index (Phi) is 4.77. The number of hydrazine groups is 1. The van der Waals surface area contributed by atoms with Crippen LogP contribution in [-0.4, -0.2) is 17.8 Å². The van der Waals surface area contributed by atoms with E-state index in [1.54, 1.807) is 48.5 Å². The first-order valence-corrected chi connectivity index (χ1v) is 9.26. The minimum absolute atomic E-state index is 0.0225. The lowest BCUT2D eigenvalue weighted by molar-refractivity contribution is -0.255. The summed E-state index contributed by atoms with van der Waals surface area (Å²) in [6, 6.07) is 16.2. The zero-order chi connectivity index (χ0) is 20.5. The van der Waals surface area contributed by atoms with Crippen molar-refractivity contribution in [2.75, 3.05) is 5.01 Å². The maximum atomic E-state index is 12.7. The summed E-state index contributed by atoms with van der Waals surface area (Å²) in [5.74, 6) is -1.66. The molecule has 144 valence electrons. The number of nitrogens with zero attached hydrogens (tertiary/aromatic N) is 1. The minimum atomic E-state index is -1.29. The Balaban J connectivity index is 1.61. The zero-order valence-corrected chi connectivity index (χ0v) is 16.3. The van der Waals surface area contributed by atoms with Gasteiger partial charge in [0, 0.05) is 10.0 Å². The van der Waals surface area contributed by atoms with Crippen LogP contribution in [0.25, 0.3) is 17.4 Å². The summed E-state index contributed by atoms with van der Waals surface area (Å²) in [6.07, 6.45) is 1.35. The quantitative estimate of drug-likeness (QED) is 0.484. The molecule has 1 aromatic heterocycles. The molecule has 2 aromatic carbocycles. The molecule has 0 saturated carbocycles. The number of aromatic carboxylic acids is 1. The van der Waals surface area contributed by atoms with Gasteiger partial charge < -0.3 is 14.3 Å². The molecule has 0 aliphatic carbocycles. The molecule has 7 nitrogen and oxygen atoms in total. The first-order chi connectivity index (χ1) is 13.9. The SMILES string of the molecule is O=C1NN(c2ccc(Br)cc2)C(=O)/C1=C/c1ccc(-c2cccc(C(=O)[O-])c2)o1. The van der Waals surface area contributed by atoms with E-state index in [2.05, 4.69) is 21.4 Å². The Bertz CT molecular complexity index is 1160. The third kappa shape index (κ3) is 3.70. The molecule has 0 bridgehead atoms. The van der Waals surface area contributed by atoms with E-state index in [1.165, 1.54) is 18.2 Å². The van der Waals surface area contributed by atoms with Gasteiger partial charge >= 0.3 is 0 Å². The summed E-state index contributed by atoms with van der Waals surface area (Å²) in [4.78, 5) is 35.9. The molecule has 0 radical (unpaired) electrons. The lowest BCUT2D eigenvalue weighted by atomic mass is 10.1. The lowest BCUT2D eigenvalue weighted by Gasteiger charge is -2.14. The van der Waals surface area contributed by atoms with Crippen molar-refractivity contribution in [3.63, 3.8) is 0 Å². The van der Waals surface area contributed by atoms with Crippen molar-refractivity contribution in [3.8, 4) is 11.3 Å². The van der Waals surface area contributed by atoms with E-state index >= 15 is 0 Å². The molecule has 4 rings (SSSR count). The number of halogens is 1. The highest BCUT2D eigenvalue weighted by Gasteiger charge is 2.34. The number of hydrogen-bond donors (Lipinski definition) is 1. The number of anilines is 1. The number of nitrogens with one attached hydrogen (secondary N) is 1. The summed E-state index contributed by atoms with van der Waals surface area (Å²) in [5.41, 5.74) is 3.53. The third-order valence-corrected chi connectivity index (χ3v) is 4.80. The second-order valence-electron chi connectivity index (χ2n) is 6.19. The van der Waals surface area contributed by atoms with Gasteiger partial charge in [-0.1, -0.05) is 34.1 Å². The Labute approximate surface area is 173 Å². The molecule has 1 aliphatic rings. The molecule has 0 unspecified atom stereocenters. The third-order valence-electron chi connectivity index (χ3n) is 4.27. The molecule has 1 saturated heterocycles. The molecule has 29 heavy (non-hydrogen) atoms. The second-order valence-corrected chi connectivity index (χ2v) is 7.10. The van der Waals surface area contributed by atoms with Crippen molar-refractivity contribution in [2.45, 2.75) is 0 Å². The highest BCUT2D eigenvalue weighted by Crippen LogP contribution is 2.27. The molecular formula is C21H12BrN2O5-. The maximum absolute atomic E-state index is 12.7. The Morgan fingerprint density at radius 3 is 2.55 bits per heavy atom. The van der Waals surface area contributed by atoms with Gasteiger partial charge in [-0.3, -0.25) is 15.0 Å². The monoisotopic (exact) mass is 451 g/mol. The smallest absolute Gasteiger partial charge is 0.282 e. The van der Waals surface area contributed by atoms with Gasteiger partial charge in [-0.05, 0) is 54.1 Å². The molecule has 2 heterocycles. The Morgan fingerprint density at radius 1 is 1.07 bits per heavy atom. The van der Waals surface area contributed by atoms with Gasteiger partial charge in [0.1, 0.15) is 17.1 Å². The fourth-order valence-corrected chi connectivity index (χ4v) is 3.12. The van der Waals surface area contributed by atoms with Crippen LogP contribution in [0.2, 0.25) is 0 Å².